The molecule has 1 saturated heterocycles. The minimum absolute atomic E-state index is 0.0431. The summed E-state index contributed by atoms with van der Waals surface area (Å²) in [4.78, 5) is 18.6. The Labute approximate surface area is 258 Å². The van der Waals surface area contributed by atoms with Gasteiger partial charge in [-0.3, -0.25) is 0 Å². The van der Waals surface area contributed by atoms with Crippen LogP contribution in [0.15, 0.2) is 146 Å². The monoisotopic (exact) mass is 576 g/mol. The highest BCUT2D eigenvalue weighted by Crippen LogP contribution is 2.31. The maximum Gasteiger partial charge on any atom is 0.321 e. The fourth-order valence-electron chi connectivity index (χ4n) is 6.68. The SMILES string of the molecule is O=C1N(Cc2ccc3ccccc3c2)[C@@H](Cc2ccccc2)C(O)[C@H](Cc2ccccc2)N1Cc1ccc2ccccc2c1. The average Bonchev–Trinajstić information content (AvgIpc) is 3.07. The van der Waals surface area contributed by atoms with Gasteiger partial charge in [-0.05, 0) is 68.8 Å². The van der Waals surface area contributed by atoms with E-state index in [0.29, 0.717) is 25.9 Å². The highest BCUT2D eigenvalue weighted by Gasteiger charge is 2.45. The third-order valence-electron chi connectivity index (χ3n) is 8.99. The van der Waals surface area contributed by atoms with Crippen LogP contribution < -0.4 is 0 Å². The molecule has 0 radical (unpaired) electrons. The lowest BCUT2D eigenvalue weighted by Crippen LogP contribution is -2.66. The van der Waals surface area contributed by atoms with E-state index in [1.165, 1.54) is 10.8 Å². The first-order chi connectivity index (χ1) is 21.6. The molecular weight excluding hydrogens is 540 g/mol. The molecule has 0 aliphatic carbocycles. The quantitative estimate of drug-likeness (QED) is 0.199. The van der Waals surface area contributed by atoms with E-state index in [0.717, 1.165) is 33.0 Å². The highest BCUT2D eigenvalue weighted by molar-refractivity contribution is 5.84. The Balaban J connectivity index is 1.28. The topological polar surface area (TPSA) is 43.8 Å². The van der Waals surface area contributed by atoms with Gasteiger partial charge < -0.3 is 14.9 Å². The smallest absolute Gasteiger partial charge is 0.321 e. The summed E-state index contributed by atoms with van der Waals surface area (Å²) in [6, 6.07) is 49.0. The Kier molecular flexibility index (Phi) is 7.83. The maximum absolute atomic E-state index is 14.7. The number of rotatable bonds is 8. The number of urea groups is 1. The maximum atomic E-state index is 14.7. The molecule has 0 bridgehead atoms. The highest BCUT2D eigenvalue weighted by atomic mass is 16.3. The van der Waals surface area contributed by atoms with Gasteiger partial charge in [0, 0.05) is 13.1 Å². The number of carbonyl (C=O) groups is 1. The largest absolute Gasteiger partial charge is 0.389 e. The van der Waals surface area contributed by atoms with Crippen molar-refractivity contribution in [1.29, 1.82) is 0 Å². The van der Waals surface area contributed by atoms with Crippen molar-refractivity contribution in [2.24, 2.45) is 0 Å². The minimum Gasteiger partial charge on any atom is -0.389 e. The Morgan fingerprint density at radius 1 is 0.455 bits per heavy atom. The number of amides is 2. The van der Waals surface area contributed by atoms with Crippen molar-refractivity contribution in [3.8, 4) is 0 Å². The molecule has 2 atom stereocenters. The lowest BCUT2D eigenvalue weighted by Gasteiger charge is -2.49. The van der Waals surface area contributed by atoms with Crippen LogP contribution in [0.25, 0.3) is 21.5 Å². The van der Waals surface area contributed by atoms with Gasteiger partial charge in [-0.25, -0.2) is 4.79 Å². The molecular formula is C40H36N2O2. The van der Waals surface area contributed by atoms with Gasteiger partial charge in [0.25, 0.3) is 0 Å². The molecule has 6 aromatic carbocycles. The zero-order valence-electron chi connectivity index (χ0n) is 24.7. The van der Waals surface area contributed by atoms with Gasteiger partial charge in [0.15, 0.2) is 0 Å². The fraction of sp³-hybridized carbons (Fsp3) is 0.175. The Morgan fingerprint density at radius 2 is 0.841 bits per heavy atom. The van der Waals surface area contributed by atoms with Crippen molar-refractivity contribution < 1.29 is 9.90 Å². The first-order valence-electron chi connectivity index (χ1n) is 15.4. The first kappa shape index (κ1) is 27.9. The first-order valence-corrected chi connectivity index (χ1v) is 15.4. The number of nitrogens with zero attached hydrogens (tertiary/aromatic N) is 2. The predicted octanol–water partition coefficient (Wildman–Crippen LogP) is 8.01. The normalized spacial score (nSPS) is 17.4. The zero-order valence-corrected chi connectivity index (χ0v) is 24.7. The summed E-state index contributed by atoms with van der Waals surface area (Å²) in [7, 11) is 0. The molecule has 2 amide bonds. The van der Waals surface area contributed by atoms with Gasteiger partial charge in [-0.15, -0.1) is 0 Å². The number of hydrogen-bond donors (Lipinski definition) is 1. The molecule has 7 rings (SSSR count). The molecule has 1 aliphatic rings. The van der Waals surface area contributed by atoms with Gasteiger partial charge in [0.05, 0.1) is 18.2 Å². The second-order valence-corrected chi connectivity index (χ2v) is 11.9. The van der Waals surface area contributed by atoms with Crippen LogP contribution in [0.4, 0.5) is 4.79 Å². The third kappa shape index (κ3) is 5.82. The molecule has 0 saturated carbocycles. The third-order valence-corrected chi connectivity index (χ3v) is 8.99. The van der Waals surface area contributed by atoms with E-state index in [9.17, 15) is 9.90 Å². The fourth-order valence-corrected chi connectivity index (χ4v) is 6.68. The molecule has 4 nitrogen and oxygen atoms in total. The summed E-state index contributed by atoms with van der Waals surface area (Å²) in [5.41, 5.74) is 4.31. The number of benzene rings is 6. The lowest BCUT2D eigenvalue weighted by molar-refractivity contribution is -0.0427. The second-order valence-electron chi connectivity index (χ2n) is 11.9. The Bertz CT molecular complexity index is 1750. The van der Waals surface area contributed by atoms with Crippen LogP contribution in [0.2, 0.25) is 0 Å². The molecule has 1 aliphatic heterocycles. The number of hydrogen-bond acceptors (Lipinski definition) is 2. The van der Waals surface area contributed by atoms with Crippen molar-refractivity contribution in [1.82, 2.24) is 9.80 Å². The van der Waals surface area contributed by atoms with Gasteiger partial charge in [-0.1, -0.05) is 133 Å². The number of fused-ring (bicyclic) bond motifs is 2. The van der Waals surface area contributed by atoms with E-state index >= 15 is 0 Å². The number of aliphatic hydroxyl groups is 1. The molecule has 0 unspecified atom stereocenters. The lowest BCUT2D eigenvalue weighted by atomic mass is 9.87. The van der Waals surface area contributed by atoms with Gasteiger partial charge >= 0.3 is 6.03 Å². The zero-order chi connectivity index (χ0) is 29.9. The van der Waals surface area contributed by atoms with Crippen LogP contribution in [0.1, 0.15) is 22.3 Å². The van der Waals surface area contributed by atoms with E-state index in [1.807, 2.05) is 70.5 Å². The number of carbonyl (C=O) groups excluding carboxylic acids is 1. The molecule has 1 fully saturated rings. The van der Waals surface area contributed by atoms with Crippen LogP contribution in [-0.4, -0.2) is 39.1 Å². The molecule has 218 valence electrons. The van der Waals surface area contributed by atoms with E-state index in [2.05, 4.69) is 84.9 Å². The molecule has 6 aromatic rings. The van der Waals surface area contributed by atoms with Crippen molar-refractivity contribution in [3.63, 3.8) is 0 Å². The molecule has 4 heteroatoms. The number of aliphatic hydroxyl groups excluding tert-OH is 1. The van der Waals surface area contributed by atoms with Crippen molar-refractivity contribution in [2.75, 3.05) is 0 Å². The molecule has 0 aromatic heterocycles. The van der Waals surface area contributed by atoms with Crippen LogP contribution in [0.3, 0.4) is 0 Å². The van der Waals surface area contributed by atoms with Gasteiger partial charge in [0.1, 0.15) is 0 Å². The van der Waals surface area contributed by atoms with Crippen molar-refractivity contribution >= 4 is 27.6 Å². The van der Waals surface area contributed by atoms with Crippen molar-refractivity contribution in [2.45, 2.75) is 44.1 Å². The van der Waals surface area contributed by atoms with Crippen LogP contribution in [0, 0.1) is 0 Å². The van der Waals surface area contributed by atoms with Crippen LogP contribution >= 0.6 is 0 Å². The van der Waals surface area contributed by atoms with E-state index < -0.39 is 6.10 Å². The summed E-state index contributed by atoms with van der Waals surface area (Å²) in [5, 5.41) is 16.9. The summed E-state index contributed by atoms with van der Waals surface area (Å²) >= 11 is 0. The summed E-state index contributed by atoms with van der Waals surface area (Å²) in [6.07, 6.45) is 0.404. The van der Waals surface area contributed by atoms with E-state index in [-0.39, 0.29) is 18.1 Å². The molecule has 44 heavy (non-hydrogen) atoms. The molecule has 1 N–H and O–H groups in total. The summed E-state index contributed by atoms with van der Waals surface area (Å²) < 4.78 is 0. The molecule has 0 spiro atoms. The van der Waals surface area contributed by atoms with Crippen molar-refractivity contribution in [3.05, 3.63) is 168 Å². The summed E-state index contributed by atoms with van der Waals surface area (Å²) in [5.74, 6) is 0. The minimum atomic E-state index is -0.756. The average molecular weight is 577 g/mol. The van der Waals surface area contributed by atoms with E-state index in [4.69, 9.17) is 0 Å². The standard InChI is InChI=1S/C40H36N2O2/c43-39-37(25-29-11-3-1-4-12-29)41(27-31-19-21-33-15-7-9-17-35(33)23-31)40(44)42(38(39)26-30-13-5-2-6-14-30)28-32-20-22-34-16-8-10-18-36(34)24-32/h1-24,37-39,43H,25-28H2/t37-,38-/m0/s1. The van der Waals surface area contributed by atoms with Gasteiger partial charge in [0.2, 0.25) is 0 Å². The Hall–Kier alpha value is -4.93. The van der Waals surface area contributed by atoms with E-state index in [1.54, 1.807) is 0 Å². The molecule has 1 heterocycles. The van der Waals surface area contributed by atoms with Crippen LogP contribution in [0.5, 0.6) is 0 Å². The summed E-state index contributed by atoms with van der Waals surface area (Å²) in [6.45, 7) is 0.842. The Morgan fingerprint density at radius 3 is 1.27 bits per heavy atom. The predicted molar refractivity (Wildman–Crippen MR) is 178 cm³/mol. The van der Waals surface area contributed by atoms with Crippen LogP contribution in [-0.2, 0) is 25.9 Å². The van der Waals surface area contributed by atoms with Gasteiger partial charge in [-0.2, -0.15) is 0 Å². The second kappa shape index (κ2) is 12.4.